The molecule has 1 aliphatic heterocycles. The van der Waals surface area contributed by atoms with Crippen LogP contribution in [0.25, 0.3) is 0 Å². The van der Waals surface area contributed by atoms with Crippen LogP contribution in [-0.2, 0) is 15.8 Å². The Hall–Kier alpha value is -3.13. The zero-order valence-corrected chi connectivity index (χ0v) is 25.6. The highest BCUT2D eigenvalue weighted by atomic mass is 35.5. The number of halogens is 9. The minimum absolute atomic E-state index is 0.000939. The van der Waals surface area contributed by atoms with Gasteiger partial charge in [-0.25, -0.2) is 13.2 Å². The van der Waals surface area contributed by atoms with Crippen molar-refractivity contribution in [2.24, 2.45) is 5.92 Å². The van der Waals surface area contributed by atoms with Crippen molar-refractivity contribution in [3.05, 3.63) is 87.7 Å². The van der Waals surface area contributed by atoms with Crippen molar-refractivity contribution < 1.29 is 40.7 Å². The summed E-state index contributed by atoms with van der Waals surface area (Å²) in [5.74, 6) is -7.72. The second-order valence-electron chi connectivity index (χ2n) is 10.3. The summed E-state index contributed by atoms with van der Waals surface area (Å²) in [5, 5.41) is 6.39. The number of thioether (sulfide) groups is 1. The van der Waals surface area contributed by atoms with Crippen LogP contribution in [0, 0.1) is 23.4 Å². The van der Waals surface area contributed by atoms with Crippen molar-refractivity contribution in [2.75, 3.05) is 21.7 Å². The Balaban J connectivity index is 1.31. The van der Waals surface area contributed by atoms with Crippen molar-refractivity contribution in [2.45, 2.75) is 34.5 Å². The van der Waals surface area contributed by atoms with Crippen molar-refractivity contribution in [1.29, 1.82) is 0 Å². The Morgan fingerprint density at radius 1 is 0.889 bits per heavy atom. The summed E-state index contributed by atoms with van der Waals surface area (Å²) in [5.41, 5.74) is -3.08. The average molecular weight is 711 g/mol. The summed E-state index contributed by atoms with van der Waals surface area (Å²) < 4.78 is 81.2. The van der Waals surface area contributed by atoms with E-state index in [0.29, 0.717) is 18.6 Å². The molecule has 0 spiro atoms. The minimum atomic E-state index is -4.99. The molecule has 6 nitrogen and oxygen atoms in total. The third-order valence-electron chi connectivity index (χ3n) is 7.28. The van der Waals surface area contributed by atoms with Gasteiger partial charge in [0, 0.05) is 11.6 Å². The highest BCUT2D eigenvalue weighted by molar-refractivity contribution is 8.00. The van der Waals surface area contributed by atoms with E-state index >= 15 is 4.39 Å². The third kappa shape index (κ3) is 6.86. The first-order valence-corrected chi connectivity index (χ1v) is 15.3. The standard InChI is InChI=1S/C29H20Cl3F6N3O3S/c30-16-5-4-13(39-27(44)22-21(28(22,31)32)12-3-6-17(33)15(10-12)29(36,37)38)11-14(16)25(42)40-19-8-7-18(34)24(23(19)35)41-26(43)20-2-1-9-45-20/h3-8,10-11,20-22H,1-2,9H2,(H,39,44)(H,40,42)(H,41,43)/t20?,21-,22+/m0/s1. The van der Waals surface area contributed by atoms with Gasteiger partial charge in [0.05, 0.1) is 33.0 Å². The van der Waals surface area contributed by atoms with Crippen LogP contribution in [0.4, 0.5) is 43.4 Å². The zero-order chi connectivity index (χ0) is 32.8. The molecular formula is C29H20Cl3F6N3O3S. The number of amides is 3. The zero-order valence-electron chi connectivity index (χ0n) is 22.5. The predicted octanol–water partition coefficient (Wildman–Crippen LogP) is 8.39. The Morgan fingerprint density at radius 2 is 1.60 bits per heavy atom. The molecule has 0 radical (unpaired) electrons. The molecule has 3 atom stereocenters. The molecule has 1 heterocycles. The Bertz CT molecular complexity index is 1700. The maximum Gasteiger partial charge on any atom is 0.419 e. The van der Waals surface area contributed by atoms with E-state index in [1.165, 1.54) is 23.9 Å². The fourth-order valence-corrected chi connectivity index (χ4v) is 7.15. The largest absolute Gasteiger partial charge is 0.419 e. The van der Waals surface area contributed by atoms with Crippen molar-refractivity contribution in [3.8, 4) is 0 Å². The highest BCUT2D eigenvalue weighted by Gasteiger charge is 2.67. The average Bonchev–Trinajstić information content (AvgIpc) is 3.27. The van der Waals surface area contributed by atoms with E-state index in [2.05, 4.69) is 16.0 Å². The molecule has 1 unspecified atom stereocenters. The van der Waals surface area contributed by atoms with Gasteiger partial charge in [0.2, 0.25) is 11.8 Å². The molecule has 3 aromatic carbocycles. The van der Waals surface area contributed by atoms with E-state index < -0.39 is 79.7 Å². The van der Waals surface area contributed by atoms with Crippen LogP contribution >= 0.6 is 46.6 Å². The molecule has 1 aliphatic carbocycles. The molecule has 16 heteroatoms. The number of anilines is 3. The summed E-state index contributed by atoms with van der Waals surface area (Å²) >= 11 is 20.0. The molecule has 0 aromatic heterocycles. The monoisotopic (exact) mass is 709 g/mol. The summed E-state index contributed by atoms with van der Waals surface area (Å²) in [4.78, 5) is 38.5. The second-order valence-corrected chi connectivity index (χ2v) is 13.4. The van der Waals surface area contributed by atoms with E-state index in [4.69, 9.17) is 34.8 Å². The second kappa shape index (κ2) is 12.6. The molecule has 45 heavy (non-hydrogen) atoms. The topological polar surface area (TPSA) is 87.3 Å². The molecule has 3 N–H and O–H groups in total. The number of hydrogen-bond acceptors (Lipinski definition) is 4. The van der Waals surface area contributed by atoms with Crippen LogP contribution in [0.2, 0.25) is 5.02 Å². The first-order valence-electron chi connectivity index (χ1n) is 13.2. The summed E-state index contributed by atoms with van der Waals surface area (Å²) in [7, 11) is 0. The van der Waals surface area contributed by atoms with Crippen LogP contribution < -0.4 is 16.0 Å². The lowest BCUT2D eigenvalue weighted by Gasteiger charge is -2.15. The number of rotatable bonds is 7. The van der Waals surface area contributed by atoms with Crippen LogP contribution in [-0.4, -0.2) is 33.1 Å². The number of hydrogen-bond donors (Lipinski definition) is 3. The Kier molecular flexibility index (Phi) is 9.29. The summed E-state index contributed by atoms with van der Waals surface area (Å²) in [6.07, 6.45) is -3.64. The summed E-state index contributed by atoms with van der Waals surface area (Å²) in [6.45, 7) is 0. The lowest BCUT2D eigenvalue weighted by molar-refractivity contribution is -0.140. The van der Waals surface area contributed by atoms with Crippen LogP contribution in [0.5, 0.6) is 0 Å². The fraction of sp³-hybridized carbons (Fsp3) is 0.276. The fourth-order valence-electron chi connectivity index (χ4n) is 4.96. The minimum Gasteiger partial charge on any atom is -0.326 e. The van der Waals surface area contributed by atoms with E-state index in [9.17, 15) is 36.3 Å². The first-order chi connectivity index (χ1) is 21.1. The van der Waals surface area contributed by atoms with Gasteiger partial charge in [-0.05, 0) is 66.6 Å². The van der Waals surface area contributed by atoms with Gasteiger partial charge in [-0.15, -0.1) is 35.0 Å². The summed E-state index contributed by atoms with van der Waals surface area (Å²) in [6, 6.07) is 7.70. The molecule has 238 valence electrons. The van der Waals surface area contributed by atoms with Crippen LogP contribution in [0.1, 0.15) is 40.2 Å². The van der Waals surface area contributed by atoms with Gasteiger partial charge < -0.3 is 16.0 Å². The molecule has 1 saturated heterocycles. The van der Waals surface area contributed by atoms with Gasteiger partial charge in [0.1, 0.15) is 21.7 Å². The maximum atomic E-state index is 15.2. The molecule has 5 rings (SSSR count). The predicted molar refractivity (Wildman–Crippen MR) is 161 cm³/mol. The number of alkyl halides is 5. The van der Waals surface area contributed by atoms with Gasteiger partial charge in [-0.2, -0.15) is 13.2 Å². The Labute approximate surface area is 271 Å². The number of benzene rings is 3. The number of carbonyl (C=O) groups excluding carboxylic acids is 3. The van der Waals surface area contributed by atoms with Gasteiger partial charge >= 0.3 is 6.18 Å². The lowest BCUT2D eigenvalue weighted by atomic mass is 10.0. The smallest absolute Gasteiger partial charge is 0.326 e. The van der Waals surface area contributed by atoms with E-state index in [1.54, 1.807) is 0 Å². The lowest BCUT2D eigenvalue weighted by Crippen LogP contribution is -2.24. The molecular weight excluding hydrogens is 691 g/mol. The molecule has 3 amide bonds. The van der Waals surface area contributed by atoms with Crippen molar-refractivity contribution >= 4 is 81.3 Å². The first kappa shape index (κ1) is 33.2. The van der Waals surface area contributed by atoms with Gasteiger partial charge in [-0.1, -0.05) is 17.7 Å². The quantitative estimate of drug-likeness (QED) is 0.170. The maximum absolute atomic E-state index is 15.2. The normalized spacial score (nSPS) is 20.4. The van der Waals surface area contributed by atoms with E-state index in [0.717, 1.165) is 36.4 Å². The molecule has 2 fully saturated rings. The van der Waals surface area contributed by atoms with Crippen LogP contribution in [0.15, 0.2) is 48.5 Å². The molecule has 2 aliphatic rings. The number of nitrogens with one attached hydrogen (secondary N) is 3. The van der Waals surface area contributed by atoms with E-state index in [1.807, 2.05) is 0 Å². The molecule has 0 bridgehead atoms. The Morgan fingerprint density at radius 3 is 2.27 bits per heavy atom. The molecule has 1 saturated carbocycles. The highest BCUT2D eigenvalue weighted by Crippen LogP contribution is 2.65. The van der Waals surface area contributed by atoms with Gasteiger partial charge in [0.15, 0.2) is 5.82 Å². The van der Waals surface area contributed by atoms with Crippen molar-refractivity contribution in [1.82, 2.24) is 0 Å². The third-order valence-corrected chi connectivity index (χ3v) is 9.93. The molecule has 3 aromatic rings. The van der Waals surface area contributed by atoms with E-state index in [-0.39, 0.29) is 21.8 Å². The van der Waals surface area contributed by atoms with Crippen molar-refractivity contribution in [3.63, 3.8) is 0 Å². The van der Waals surface area contributed by atoms with Crippen LogP contribution in [0.3, 0.4) is 0 Å². The SMILES string of the molecule is O=C(Nc1ccc(F)c(NC(=O)C2CCCS2)c1F)c1cc(NC(=O)[C@H]2[C@H](c3ccc(F)c(C(F)(F)F)c3)C2(Cl)Cl)ccc1Cl. The number of carbonyl (C=O) groups is 3. The van der Waals surface area contributed by atoms with Gasteiger partial charge in [-0.3, -0.25) is 14.4 Å². The van der Waals surface area contributed by atoms with Gasteiger partial charge in [0.25, 0.3) is 5.91 Å².